The van der Waals surface area contributed by atoms with Gasteiger partial charge in [0.25, 0.3) is 0 Å². The van der Waals surface area contributed by atoms with Crippen LogP contribution in [0, 0.1) is 28.6 Å². The maximum Gasteiger partial charge on any atom is 0.305 e. The van der Waals surface area contributed by atoms with Gasteiger partial charge in [0.05, 0.1) is 23.1 Å². The minimum absolute atomic E-state index is 0.0349. The fourth-order valence-corrected chi connectivity index (χ4v) is 10.1. The quantitative estimate of drug-likeness (QED) is 0.371. The van der Waals surface area contributed by atoms with Crippen molar-refractivity contribution in [3.05, 3.63) is 23.8 Å². The monoisotopic (exact) mass is 592 g/mol. The summed E-state index contributed by atoms with van der Waals surface area (Å²) in [5.74, 6) is -2.00. The average molecular weight is 593 g/mol. The Morgan fingerprint density at radius 1 is 1.22 bits per heavy atom. The van der Waals surface area contributed by atoms with Crippen molar-refractivity contribution in [1.82, 2.24) is 5.06 Å². The predicted molar refractivity (Wildman–Crippen MR) is 149 cm³/mol. The molecule has 9 nitrogen and oxygen atoms in total. The van der Waals surface area contributed by atoms with Crippen molar-refractivity contribution in [2.24, 2.45) is 28.6 Å². The van der Waals surface area contributed by atoms with E-state index in [1.807, 2.05) is 26.8 Å². The first kappa shape index (κ1) is 30.7. The van der Waals surface area contributed by atoms with Gasteiger partial charge in [0.1, 0.15) is 6.61 Å². The molecule has 0 aromatic heterocycles. The van der Waals surface area contributed by atoms with Crippen LogP contribution in [0.3, 0.4) is 0 Å². The molecule has 10 heteroatoms. The second-order valence-electron chi connectivity index (χ2n) is 13.9. The summed E-state index contributed by atoms with van der Waals surface area (Å²) in [7, 11) is 0. The molecule has 3 unspecified atom stereocenters. The summed E-state index contributed by atoms with van der Waals surface area (Å²) in [5, 5.41) is 27.3. The number of carbonyl (C=O) groups is 3. The summed E-state index contributed by atoms with van der Waals surface area (Å²) in [6.45, 7) is 12.0. The summed E-state index contributed by atoms with van der Waals surface area (Å²) < 4.78 is 18.5. The van der Waals surface area contributed by atoms with E-state index < -0.39 is 63.1 Å². The highest BCUT2D eigenvalue weighted by atomic mass is 35.5. The van der Waals surface area contributed by atoms with E-state index in [1.54, 1.807) is 26.8 Å². The van der Waals surface area contributed by atoms with Crippen molar-refractivity contribution in [2.45, 2.75) is 108 Å². The molecule has 41 heavy (non-hydrogen) atoms. The third-order valence-corrected chi connectivity index (χ3v) is 12.3. The van der Waals surface area contributed by atoms with E-state index in [2.05, 4.69) is 0 Å². The average Bonchev–Trinajstić information content (AvgIpc) is 3.26. The van der Waals surface area contributed by atoms with Crippen LogP contribution in [0.4, 0.5) is 0 Å². The molecule has 5 rings (SSSR count). The highest BCUT2D eigenvalue weighted by molar-refractivity contribution is 6.26. The zero-order valence-corrected chi connectivity index (χ0v) is 25.9. The van der Waals surface area contributed by atoms with Gasteiger partial charge in [-0.2, -0.15) is 0 Å². The molecule has 1 aliphatic heterocycles. The van der Waals surface area contributed by atoms with E-state index in [9.17, 15) is 24.7 Å². The molecule has 1 heterocycles. The number of aliphatic hydroxyl groups excluding tert-OH is 1. The van der Waals surface area contributed by atoms with E-state index in [4.69, 9.17) is 25.8 Å². The Morgan fingerprint density at radius 2 is 1.90 bits per heavy atom. The van der Waals surface area contributed by atoms with Gasteiger partial charge >= 0.3 is 11.9 Å². The van der Waals surface area contributed by atoms with E-state index in [0.29, 0.717) is 19.3 Å². The molecule has 1 radical (unpaired) electrons. The minimum Gasteiger partial charge on any atom is -0.461 e. The number of hydrogen-bond acceptors (Lipinski definition) is 8. The molecule has 0 aromatic carbocycles. The number of allylic oxidation sites excluding steroid dienone is 4. The van der Waals surface area contributed by atoms with Gasteiger partial charge < -0.3 is 19.3 Å². The Labute approximate surface area is 247 Å². The number of halogens is 1. The second-order valence-corrected chi connectivity index (χ2v) is 14.6. The molecule has 0 aromatic rings. The van der Waals surface area contributed by atoms with Gasteiger partial charge in [-0.15, -0.1) is 21.9 Å². The molecule has 5 aliphatic rings. The Balaban J connectivity index is 1.70. The molecule has 1 saturated heterocycles. The van der Waals surface area contributed by atoms with Gasteiger partial charge in [-0.05, 0) is 63.5 Å². The zero-order valence-electron chi connectivity index (χ0n) is 25.1. The molecular weight excluding hydrogens is 550 g/mol. The topological polar surface area (TPSA) is 122 Å². The van der Waals surface area contributed by atoms with Crippen LogP contribution in [0.1, 0.15) is 80.6 Å². The smallest absolute Gasteiger partial charge is 0.305 e. The molecule has 0 bridgehead atoms. The van der Waals surface area contributed by atoms with Gasteiger partial charge in [-0.1, -0.05) is 39.3 Å². The number of fused-ring (bicyclic) bond motifs is 5. The Bertz CT molecular complexity index is 1220. The lowest BCUT2D eigenvalue weighted by Gasteiger charge is -2.65. The summed E-state index contributed by atoms with van der Waals surface area (Å²) in [5.41, 5.74) is -5.25. The Morgan fingerprint density at radius 3 is 2.49 bits per heavy atom. The number of rotatable bonds is 5. The number of carbonyl (C=O) groups excluding carboxylic acids is 3. The Hall–Kier alpha value is -1.78. The van der Waals surface area contributed by atoms with E-state index in [-0.39, 0.29) is 37.1 Å². The lowest BCUT2D eigenvalue weighted by Crippen LogP contribution is -2.76. The Kier molecular flexibility index (Phi) is 7.19. The molecule has 227 valence electrons. The van der Waals surface area contributed by atoms with Crippen molar-refractivity contribution < 1.29 is 38.9 Å². The van der Waals surface area contributed by atoms with Gasteiger partial charge in [0.15, 0.2) is 11.4 Å². The van der Waals surface area contributed by atoms with Crippen molar-refractivity contribution >= 4 is 29.3 Å². The van der Waals surface area contributed by atoms with Crippen LogP contribution < -0.4 is 0 Å². The normalized spacial score (nSPS) is 46.8. The first-order valence-corrected chi connectivity index (χ1v) is 15.1. The molecule has 4 aliphatic carbocycles. The minimum atomic E-state index is -1.84. The zero-order chi connectivity index (χ0) is 30.4. The van der Waals surface area contributed by atoms with Crippen LogP contribution in [0.2, 0.25) is 0 Å². The van der Waals surface area contributed by atoms with Crippen molar-refractivity contribution in [3.63, 3.8) is 0 Å². The fraction of sp³-hybridized carbons (Fsp3) is 0.774. The third kappa shape index (κ3) is 3.78. The van der Waals surface area contributed by atoms with Gasteiger partial charge in [-0.25, -0.2) is 0 Å². The number of hydrogen-bond donors (Lipinski definition) is 1. The molecule has 0 spiro atoms. The van der Waals surface area contributed by atoms with E-state index >= 15 is 0 Å². The molecule has 0 amide bonds. The van der Waals surface area contributed by atoms with Crippen LogP contribution >= 0.6 is 11.6 Å². The molecule has 3 saturated carbocycles. The number of nitrogens with zero attached hydrogens (tertiary/aromatic N) is 1. The summed E-state index contributed by atoms with van der Waals surface area (Å²) >= 11 is 7.62. The van der Waals surface area contributed by atoms with Crippen LogP contribution in [-0.2, 0) is 33.8 Å². The lowest BCUT2D eigenvalue weighted by atomic mass is 9.45. The van der Waals surface area contributed by atoms with E-state index in [0.717, 1.165) is 10.6 Å². The first-order valence-electron chi connectivity index (χ1n) is 14.7. The van der Waals surface area contributed by atoms with Gasteiger partial charge in [-0.3, -0.25) is 14.4 Å². The van der Waals surface area contributed by atoms with Gasteiger partial charge in [0.2, 0.25) is 5.72 Å². The maximum atomic E-state index is 14.4. The number of ether oxygens (including phenoxy) is 3. The molecule has 9 atom stereocenters. The highest BCUT2D eigenvalue weighted by Crippen LogP contribution is 2.74. The number of aliphatic hydroxyl groups is 1. The number of hydroxylamine groups is 2. The van der Waals surface area contributed by atoms with Crippen LogP contribution in [-0.4, -0.2) is 68.9 Å². The number of esters is 2. The van der Waals surface area contributed by atoms with Gasteiger partial charge in [0, 0.05) is 30.1 Å². The van der Waals surface area contributed by atoms with Crippen LogP contribution in [0.15, 0.2) is 23.8 Å². The largest absolute Gasteiger partial charge is 0.461 e. The van der Waals surface area contributed by atoms with Crippen LogP contribution in [0.5, 0.6) is 0 Å². The predicted octanol–water partition coefficient (Wildman–Crippen LogP) is 4.28. The maximum absolute atomic E-state index is 14.4. The number of ketones is 1. The number of alkyl halides is 1. The van der Waals surface area contributed by atoms with Crippen molar-refractivity contribution in [2.75, 3.05) is 13.2 Å². The summed E-state index contributed by atoms with van der Waals surface area (Å²) in [4.78, 5) is 36.6. The second kappa shape index (κ2) is 9.61. The summed E-state index contributed by atoms with van der Waals surface area (Å²) in [6, 6.07) is 0. The van der Waals surface area contributed by atoms with Crippen LogP contribution in [0.25, 0.3) is 0 Å². The summed E-state index contributed by atoms with van der Waals surface area (Å²) in [6.07, 6.45) is 5.95. The lowest BCUT2D eigenvalue weighted by molar-refractivity contribution is -0.379. The van der Waals surface area contributed by atoms with Crippen molar-refractivity contribution in [3.8, 4) is 0 Å². The first-order chi connectivity index (χ1) is 19.0. The molecule has 4 fully saturated rings. The highest BCUT2D eigenvalue weighted by Gasteiger charge is 2.82. The fourth-order valence-electron chi connectivity index (χ4n) is 9.53. The third-order valence-electron chi connectivity index (χ3n) is 11.3. The molecule has 1 N–H and O–H groups in total. The van der Waals surface area contributed by atoms with Crippen molar-refractivity contribution in [1.29, 1.82) is 0 Å². The van der Waals surface area contributed by atoms with E-state index in [1.165, 1.54) is 13.0 Å². The SMILES string of the molecule is CCC(=O)OCC1([C@@]2(OC(C)=O)[C@@H](C)CC3C4CCC5=CC(=O)C=C[C@]5(C)[C@@]4(Cl)[C@@H](O)C[C@@]32C)OCC(C)(C)N1[O]. The molecular formula is C31H43ClNO8. The standard InChI is InChI=1S/C31H43ClNO8/c1-8-25(37)39-17-29(33(38)26(4,5)16-40-29)31(41-19(3)34)18(2)13-23-22-10-9-20-14-21(35)11-12-27(20,6)30(22,32)24(36)15-28(23,31)7/h11-12,14,18,22-24,36H,8-10,13,15-17H2,1-7H3/t18-,22?,23?,24-,27-,28-,29?,30-,31+/m0/s1.